The van der Waals surface area contributed by atoms with Gasteiger partial charge in [0, 0.05) is 35.4 Å². The van der Waals surface area contributed by atoms with Crippen molar-refractivity contribution in [3.8, 4) is 5.82 Å². The highest BCUT2D eigenvalue weighted by atomic mass is 16.1. The lowest BCUT2D eigenvalue weighted by Gasteiger charge is -2.24. The minimum Gasteiger partial charge on any atom is -0.402 e. The second-order valence-corrected chi connectivity index (χ2v) is 8.34. The number of rotatable bonds is 6. The van der Waals surface area contributed by atoms with E-state index in [1.54, 1.807) is 19.2 Å². The van der Waals surface area contributed by atoms with Gasteiger partial charge in [-0.15, -0.1) is 0 Å². The number of nitrogens with zero attached hydrogens (tertiary/aromatic N) is 3. The maximum atomic E-state index is 12.2. The standard InChI is InChI=1S/C25H28N4O/c1-5-18-9-15(2)25(28-12-18)29-14-21(10-19-7-6-8-19)24-22(29)11-20(13-27-24)23(16(3)26)17(4)30/h5,9,11-14,19H,1,6-8,10,26H2,2-4H3/b23-16+. The minimum absolute atomic E-state index is 0.0615. The van der Waals surface area contributed by atoms with Crippen LogP contribution in [0.4, 0.5) is 0 Å². The van der Waals surface area contributed by atoms with Crippen LogP contribution in [0, 0.1) is 12.8 Å². The third-order valence-electron chi connectivity index (χ3n) is 6.02. The maximum Gasteiger partial charge on any atom is 0.162 e. The van der Waals surface area contributed by atoms with Crippen molar-refractivity contribution in [2.45, 2.75) is 46.5 Å². The number of aryl methyl sites for hydroxylation is 1. The topological polar surface area (TPSA) is 73.8 Å². The van der Waals surface area contributed by atoms with Crippen LogP contribution in [-0.4, -0.2) is 20.3 Å². The lowest BCUT2D eigenvalue weighted by Crippen LogP contribution is -2.13. The maximum absolute atomic E-state index is 12.2. The van der Waals surface area contributed by atoms with Crippen molar-refractivity contribution < 1.29 is 4.79 Å². The molecule has 1 fully saturated rings. The Morgan fingerprint density at radius 2 is 2.03 bits per heavy atom. The third kappa shape index (κ3) is 3.56. The first kappa shape index (κ1) is 20.1. The molecule has 4 rings (SSSR count). The highest BCUT2D eigenvalue weighted by Gasteiger charge is 2.22. The number of carbonyl (C=O) groups excluding carboxylic acids is 1. The Morgan fingerprint density at radius 3 is 2.60 bits per heavy atom. The van der Waals surface area contributed by atoms with E-state index in [1.807, 2.05) is 12.3 Å². The fraction of sp³-hybridized carbons (Fsp3) is 0.320. The van der Waals surface area contributed by atoms with Crippen molar-refractivity contribution in [1.29, 1.82) is 0 Å². The average Bonchev–Trinajstić information content (AvgIpc) is 3.01. The summed E-state index contributed by atoms with van der Waals surface area (Å²) in [5, 5.41) is 0. The summed E-state index contributed by atoms with van der Waals surface area (Å²) in [5.41, 5.74) is 13.0. The van der Waals surface area contributed by atoms with Gasteiger partial charge in [0.25, 0.3) is 0 Å². The second-order valence-electron chi connectivity index (χ2n) is 8.34. The molecule has 5 heteroatoms. The fourth-order valence-corrected chi connectivity index (χ4v) is 4.30. The third-order valence-corrected chi connectivity index (χ3v) is 6.02. The van der Waals surface area contributed by atoms with Crippen LogP contribution >= 0.6 is 0 Å². The molecule has 0 atom stereocenters. The van der Waals surface area contributed by atoms with Crippen molar-refractivity contribution in [3.05, 3.63) is 65.3 Å². The van der Waals surface area contributed by atoms with Crippen molar-refractivity contribution in [1.82, 2.24) is 14.5 Å². The molecule has 0 unspecified atom stereocenters. The molecule has 1 saturated carbocycles. The van der Waals surface area contributed by atoms with Gasteiger partial charge in [-0.3, -0.25) is 14.3 Å². The summed E-state index contributed by atoms with van der Waals surface area (Å²) >= 11 is 0. The van der Waals surface area contributed by atoms with Gasteiger partial charge in [0.1, 0.15) is 5.82 Å². The summed E-state index contributed by atoms with van der Waals surface area (Å²) in [7, 11) is 0. The molecule has 154 valence electrons. The van der Waals surface area contributed by atoms with Gasteiger partial charge in [0.05, 0.1) is 11.0 Å². The SMILES string of the molecule is C=Cc1cnc(-n2cc(CC3CCC3)c3ncc(/C(C(C)=O)=C(\C)N)cc32)c(C)c1. The molecule has 1 aliphatic rings. The van der Waals surface area contributed by atoms with Crippen LogP contribution in [0.2, 0.25) is 0 Å². The number of carbonyl (C=O) groups is 1. The van der Waals surface area contributed by atoms with Gasteiger partial charge >= 0.3 is 0 Å². The van der Waals surface area contributed by atoms with Crippen LogP contribution in [0.3, 0.4) is 0 Å². The summed E-state index contributed by atoms with van der Waals surface area (Å²) in [4.78, 5) is 21.7. The van der Waals surface area contributed by atoms with Crippen LogP contribution in [-0.2, 0) is 11.2 Å². The molecular formula is C25H28N4O. The molecule has 0 bridgehead atoms. The zero-order valence-corrected chi connectivity index (χ0v) is 17.9. The van der Waals surface area contributed by atoms with Gasteiger partial charge in [0.15, 0.2) is 5.78 Å². The Hall–Kier alpha value is -3.21. The molecule has 0 aromatic carbocycles. The Kier molecular flexibility index (Phi) is 5.29. The number of hydrogen-bond acceptors (Lipinski definition) is 4. The van der Waals surface area contributed by atoms with E-state index in [2.05, 4.69) is 30.3 Å². The molecular weight excluding hydrogens is 372 g/mol. The average molecular weight is 401 g/mol. The first-order chi connectivity index (χ1) is 14.4. The molecule has 0 radical (unpaired) electrons. The van der Waals surface area contributed by atoms with Crippen molar-refractivity contribution in [2.24, 2.45) is 11.7 Å². The van der Waals surface area contributed by atoms with E-state index >= 15 is 0 Å². The van der Waals surface area contributed by atoms with Crippen molar-refractivity contribution in [2.75, 3.05) is 0 Å². The van der Waals surface area contributed by atoms with Gasteiger partial charge in [-0.05, 0) is 61.9 Å². The number of hydrogen-bond donors (Lipinski definition) is 1. The Bertz CT molecular complexity index is 1180. The predicted molar refractivity (Wildman–Crippen MR) is 122 cm³/mol. The fourth-order valence-electron chi connectivity index (χ4n) is 4.30. The lowest BCUT2D eigenvalue weighted by molar-refractivity contribution is -0.111. The molecule has 5 nitrogen and oxygen atoms in total. The van der Waals surface area contributed by atoms with Gasteiger partial charge < -0.3 is 5.73 Å². The Balaban J connectivity index is 1.93. The molecule has 0 saturated heterocycles. The van der Waals surface area contributed by atoms with Crippen LogP contribution in [0.1, 0.15) is 55.4 Å². The van der Waals surface area contributed by atoms with E-state index < -0.39 is 0 Å². The largest absolute Gasteiger partial charge is 0.402 e. The molecule has 2 N–H and O–H groups in total. The Labute approximate surface area is 177 Å². The van der Waals surface area contributed by atoms with E-state index in [1.165, 1.54) is 31.7 Å². The molecule has 1 aliphatic carbocycles. The summed E-state index contributed by atoms with van der Waals surface area (Å²) < 4.78 is 2.10. The van der Waals surface area contributed by atoms with Crippen molar-refractivity contribution in [3.63, 3.8) is 0 Å². The second kappa shape index (κ2) is 7.90. The van der Waals surface area contributed by atoms with Gasteiger partial charge in [-0.25, -0.2) is 4.98 Å². The van der Waals surface area contributed by atoms with E-state index in [0.717, 1.165) is 45.9 Å². The van der Waals surface area contributed by atoms with Gasteiger partial charge in [-0.1, -0.05) is 31.9 Å². The normalized spacial score (nSPS) is 15.0. The quantitative estimate of drug-likeness (QED) is 0.591. The van der Waals surface area contributed by atoms with E-state index in [-0.39, 0.29) is 5.78 Å². The first-order valence-corrected chi connectivity index (χ1v) is 10.5. The molecule has 3 heterocycles. The number of Topliss-reactive ketones (excluding diaryl/α,β-unsaturated/α-hetero) is 1. The molecule has 30 heavy (non-hydrogen) atoms. The minimum atomic E-state index is -0.0615. The molecule has 3 aromatic rings. The number of ketones is 1. The van der Waals surface area contributed by atoms with Crippen LogP contribution in [0.15, 0.2) is 43.0 Å². The summed E-state index contributed by atoms with van der Waals surface area (Å²) in [6.45, 7) is 9.18. The summed E-state index contributed by atoms with van der Waals surface area (Å²) in [6, 6.07) is 4.09. The number of fused-ring (bicyclic) bond motifs is 1. The summed E-state index contributed by atoms with van der Waals surface area (Å²) in [6.07, 6.45) is 12.4. The van der Waals surface area contributed by atoms with Gasteiger partial charge in [0.2, 0.25) is 0 Å². The van der Waals surface area contributed by atoms with Gasteiger partial charge in [-0.2, -0.15) is 0 Å². The Morgan fingerprint density at radius 1 is 1.27 bits per heavy atom. The van der Waals surface area contributed by atoms with Crippen molar-refractivity contribution >= 4 is 28.5 Å². The molecule has 0 amide bonds. The first-order valence-electron chi connectivity index (χ1n) is 10.5. The zero-order chi connectivity index (χ0) is 21.4. The van der Waals surface area contributed by atoms with E-state index in [9.17, 15) is 4.79 Å². The smallest absolute Gasteiger partial charge is 0.162 e. The summed E-state index contributed by atoms with van der Waals surface area (Å²) in [5.74, 6) is 1.53. The molecule has 3 aromatic heterocycles. The molecule has 0 aliphatic heterocycles. The van der Waals surface area contributed by atoms with Crippen LogP contribution in [0.25, 0.3) is 28.5 Å². The van der Waals surface area contributed by atoms with E-state index in [4.69, 9.17) is 15.7 Å². The monoisotopic (exact) mass is 400 g/mol. The number of allylic oxidation sites excluding steroid dienone is 2. The number of nitrogens with two attached hydrogens (primary N) is 1. The highest BCUT2D eigenvalue weighted by Crippen LogP contribution is 2.34. The number of pyridine rings is 2. The lowest BCUT2D eigenvalue weighted by atomic mass is 9.81. The van der Waals surface area contributed by atoms with Crippen LogP contribution < -0.4 is 5.73 Å². The molecule has 0 spiro atoms. The predicted octanol–water partition coefficient (Wildman–Crippen LogP) is 4.99. The van der Waals surface area contributed by atoms with Crippen LogP contribution in [0.5, 0.6) is 0 Å². The number of aromatic nitrogens is 3. The highest BCUT2D eigenvalue weighted by molar-refractivity contribution is 6.20. The zero-order valence-electron chi connectivity index (χ0n) is 17.9. The van der Waals surface area contributed by atoms with E-state index in [0.29, 0.717) is 11.3 Å².